The summed E-state index contributed by atoms with van der Waals surface area (Å²) in [5.41, 5.74) is 1.82. The van der Waals surface area contributed by atoms with Gasteiger partial charge in [-0.15, -0.1) is 0 Å². The highest BCUT2D eigenvalue weighted by atomic mass is 19.1. The second kappa shape index (κ2) is 6.83. The van der Waals surface area contributed by atoms with Gasteiger partial charge in [0.05, 0.1) is 0 Å². The highest BCUT2D eigenvalue weighted by molar-refractivity contribution is 5.57. The van der Waals surface area contributed by atoms with Gasteiger partial charge in [0, 0.05) is 29.9 Å². The van der Waals surface area contributed by atoms with Gasteiger partial charge in [-0.25, -0.2) is 14.4 Å². The van der Waals surface area contributed by atoms with Crippen LogP contribution < -0.4 is 10.6 Å². The van der Waals surface area contributed by atoms with Crippen LogP contribution in [0.2, 0.25) is 0 Å². The fourth-order valence-corrected chi connectivity index (χ4v) is 2.66. The molecule has 0 radical (unpaired) electrons. The van der Waals surface area contributed by atoms with E-state index in [2.05, 4.69) is 27.5 Å². The Morgan fingerprint density at radius 2 is 2.09 bits per heavy atom. The minimum atomic E-state index is -0.248. The van der Waals surface area contributed by atoms with E-state index in [0.717, 1.165) is 43.0 Å². The molecular formula is C17H21FN4. The van der Waals surface area contributed by atoms with Crippen LogP contribution in [0.25, 0.3) is 11.4 Å². The van der Waals surface area contributed by atoms with Crippen molar-refractivity contribution in [3.8, 4) is 11.4 Å². The fraction of sp³-hybridized carbons (Fsp3) is 0.412. The van der Waals surface area contributed by atoms with Gasteiger partial charge in [0.25, 0.3) is 0 Å². The molecule has 0 aliphatic carbocycles. The van der Waals surface area contributed by atoms with E-state index in [-0.39, 0.29) is 5.82 Å². The maximum atomic E-state index is 13.1. The molecule has 1 unspecified atom stereocenters. The number of rotatable bonds is 4. The molecule has 5 heteroatoms. The zero-order chi connectivity index (χ0) is 15.4. The third-order valence-corrected chi connectivity index (χ3v) is 3.89. The molecule has 4 nitrogen and oxygen atoms in total. The lowest BCUT2D eigenvalue weighted by Gasteiger charge is -2.24. The average molecular weight is 300 g/mol. The number of aryl methyl sites for hydroxylation is 1. The smallest absolute Gasteiger partial charge is 0.161 e. The summed E-state index contributed by atoms with van der Waals surface area (Å²) in [5.74, 6) is 1.24. The van der Waals surface area contributed by atoms with Crippen LogP contribution in [0.3, 0.4) is 0 Å². The SMILES string of the molecule is CCc1cc(NC2CCCNC2)nc(-c2ccc(F)cc2)n1. The predicted molar refractivity (Wildman–Crippen MR) is 86.3 cm³/mol. The summed E-state index contributed by atoms with van der Waals surface area (Å²) < 4.78 is 13.1. The van der Waals surface area contributed by atoms with Gasteiger partial charge in [0.2, 0.25) is 0 Å². The highest BCUT2D eigenvalue weighted by Crippen LogP contribution is 2.20. The summed E-state index contributed by atoms with van der Waals surface area (Å²) in [5, 5.41) is 6.88. The van der Waals surface area contributed by atoms with Gasteiger partial charge in [0.1, 0.15) is 11.6 Å². The second-order valence-electron chi connectivity index (χ2n) is 5.62. The Morgan fingerprint density at radius 3 is 2.77 bits per heavy atom. The zero-order valence-electron chi connectivity index (χ0n) is 12.8. The standard InChI is InChI=1S/C17H21FN4/c1-2-14-10-16(20-15-4-3-9-19-11-15)22-17(21-14)12-5-7-13(18)8-6-12/h5-8,10,15,19H,2-4,9,11H2,1H3,(H,20,21,22). The minimum Gasteiger partial charge on any atom is -0.366 e. The highest BCUT2D eigenvalue weighted by Gasteiger charge is 2.14. The molecule has 1 saturated heterocycles. The molecule has 1 atom stereocenters. The van der Waals surface area contributed by atoms with Crippen LogP contribution in [0.1, 0.15) is 25.5 Å². The summed E-state index contributed by atoms with van der Waals surface area (Å²) >= 11 is 0. The van der Waals surface area contributed by atoms with Crippen LogP contribution in [0, 0.1) is 5.82 Å². The molecule has 3 rings (SSSR count). The second-order valence-corrected chi connectivity index (χ2v) is 5.62. The van der Waals surface area contributed by atoms with E-state index in [1.54, 1.807) is 12.1 Å². The number of halogens is 1. The molecular weight excluding hydrogens is 279 g/mol. The molecule has 116 valence electrons. The molecule has 2 N–H and O–H groups in total. The van der Waals surface area contributed by atoms with Crippen LogP contribution in [0.5, 0.6) is 0 Å². The lowest BCUT2D eigenvalue weighted by molar-refractivity contribution is 0.479. The molecule has 2 heterocycles. The molecule has 1 fully saturated rings. The van der Waals surface area contributed by atoms with Crippen LogP contribution in [0.15, 0.2) is 30.3 Å². The van der Waals surface area contributed by atoms with E-state index >= 15 is 0 Å². The van der Waals surface area contributed by atoms with Crippen molar-refractivity contribution in [2.24, 2.45) is 0 Å². The van der Waals surface area contributed by atoms with E-state index in [4.69, 9.17) is 0 Å². The molecule has 1 aliphatic rings. The molecule has 0 bridgehead atoms. The number of hydrogen-bond acceptors (Lipinski definition) is 4. The number of hydrogen-bond donors (Lipinski definition) is 2. The molecule has 2 aromatic rings. The quantitative estimate of drug-likeness (QED) is 0.911. The Bertz CT molecular complexity index is 621. The molecule has 1 aliphatic heterocycles. The molecule has 1 aromatic carbocycles. The van der Waals surface area contributed by atoms with E-state index in [0.29, 0.717) is 11.9 Å². The van der Waals surface area contributed by atoms with Crippen LogP contribution in [-0.4, -0.2) is 29.1 Å². The number of nitrogens with zero attached hydrogens (tertiary/aromatic N) is 2. The molecule has 1 aromatic heterocycles. The summed E-state index contributed by atoms with van der Waals surface area (Å²) in [7, 11) is 0. The van der Waals surface area contributed by atoms with Gasteiger partial charge < -0.3 is 10.6 Å². The van der Waals surface area contributed by atoms with Crippen LogP contribution in [0.4, 0.5) is 10.2 Å². The third kappa shape index (κ3) is 3.60. The Hall–Kier alpha value is -2.01. The van der Waals surface area contributed by atoms with Crippen LogP contribution in [-0.2, 0) is 6.42 Å². The monoisotopic (exact) mass is 300 g/mol. The summed E-state index contributed by atoms with van der Waals surface area (Å²) in [6, 6.07) is 8.72. The normalized spacial score (nSPS) is 18.2. The molecule has 22 heavy (non-hydrogen) atoms. The number of benzene rings is 1. The van der Waals surface area contributed by atoms with Crippen molar-refractivity contribution < 1.29 is 4.39 Å². The predicted octanol–water partition coefficient (Wildman–Crippen LogP) is 3.01. The van der Waals surface area contributed by atoms with E-state index in [1.165, 1.54) is 18.6 Å². The van der Waals surface area contributed by atoms with E-state index in [1.807, 2.05) is 6.07 Å². The Labute approximate surface area is 130 Å². The minimum absolute atomic E-state index is 0.248. The van der Waals surface area contributed by atoms with Gasteiger partial charge >= 0.3 is 0 Å². The fourth-order valence-electron chi connectivity index (χ4n) is 2.66. The number of nitrogens with one attached hydrogen (secondary N) is 2. The topological polar surface area (TPSA) is 49.8 Å². The van der Waals surface area contributed by atoms with Gasteiger partial charge in [-0.2, -0.15) is 0 Å². The van der Waals surface area contributed by atoms with Gasteiger partial charge in [-0.1, -0.05) is 6.92 Å². The zero-order valence-corrected chi connectivity index (χ0v) is 12.8. The largest absolute Gasteiger partial charge is 0.366 e. The number of piperidine rings is 1. The van der Waals surface area contributed by atoms with E-state index < -0.39 is 0 Å². The van der Waals surface area contributed by atoms with Gasteiger partial charge in [-0.3, -0.25) is 0 Å². The van der Waals surface area contributed by atoms with Gasteiger partial charge in [0.15, 0.2) is 5.82 Å². The van der Waals surface area contributed by atoms with Crippen molar-refractivity contribution in [3.63, 3.8) is 0 Å². The molecule has 0 amide bonds. The lowest BCUT2D eigenvalue weighted by Crippen LogP contribution is -2.38. The maximum Gasteiger partial charge on any atom is 0.161 e. The summed E-state index contributed by atoms with van der Waals surface area (Å²) in [6.07, 6.45) is 3.16. The Morgan fingerprint density at radius 1 is 1.27 bits per heavy atom. The Balaban J connectivity index is 1.86. The van der Waals surface area contributed by atoms with Crippen molar-refractivity contribution >= 4 is 5.82 Å². The van der Waals surface area contributed by atoms with Crippen molar-refractivity contribution in [1.82, 2.24) is 15.3 Å². The van der Waals surface area contributed by atoms with Crippen molar-refractivity contribution in [2.45, 2.75) is 32.2 Å². The first-order valence-corrected chi connectivity index (χ1v) is 7.86. The summed E-state index contributed by atoms with van der Waals surface area (Å²) in [4.78, 5) is 9.16. The van der Waals surface area contributed by atoms with Crippen molar-refractivity contribution in [2.75, 3.05) is 18.4 Å². The Kier molecular flexibility index (Phi) is 4.63. The number of aromatic nitrogens is 2. The summed E-state index contributed by atoms with van der Waals surface area (Å²) in [6.45, 7) is 4.11. The first-order chi connectivity index (χ1) is 10.7. The van der Waals surface area contributed by atoms with Crippen LogP contribution >= 0.6 is 0 Å². The molecule has 0 saturated carbocycles. The molecule has 0 spiro atoms. The van der Waals surface area contributed by atoms with E-state index in [9.17, 15) is 4.39 Å². The average Bonchev–Trinajstić information content (AvgIpc) is 2.56. The maximum absolute atomic E-state index is 13.1. The first-order valence-electron chi connectivity index (χ1n) is 7.86. The van der Waals surface area contributed by atoms with Crippen molar-refractivity contribution in [1.29, 1.82) is 0 Å². The van der Waals surface area contributed by atoms with Gasteiger partial charge in [-0.05, 0) is 50.1 Å². The number of anilines is 1. The van der Waals surface area contributed by atoms with Crippen molar-refractivity contribution in [3.05, 3.63) is 41.8 Å². The first kappa shape index (κ1) is 14.9. The lowest BCUT2D eigenvalue weighted by atomic mass is 10.1. The third-order valence-electron chi connectivity index (χ3n) is 3.89.